The first-order valence-corrected chi connectivity index (χ1v) is 7.34. The molecule has 0 bridgehead atoms. The van der Waals surface area contributed by atoms with Gasteiger partial charge in [0.1, 0.15) is 0 Å². The Morgan fingerprint density at radius 3 is 2.42 bits per heavy atom. The first-order chi connectivity index (χ1) is 9.02. The molecule has 0 saturated carbocycles. The van der Waals surface area contributed by atoms with Crippen molar-refractivity contribution in [3.8, 4) is 0 Å². The van der Waals surface area contributed by atoms with Crippen LogP contribution < -0.4 is 10.3 Å². The molecule has 0 aromatic heterocycles. The van der Waals surface area contributed by atoms with Gasteiger partial charge >= 0.3 is 0 Å². The molecule has 1 rings (SSSR count). The molecular weight excluding hydrogens is 232 g/mol. The minimum absolute atomic E-state index is 0.402. The molecule has 0 aliphatic rings. The molecule has 1 aromatic rings. The lowest BCUT2D eigenvalue weighted by atomic mass is 10.0. The van der Waals surface area contributed by atoms with E-state index >= 15 is 0 Å². The van der Waals surface area contributed by atoms with Crippen molar-refractivity contribution < 1.29 is 0 Å². The summed E-state index contributed by atoms with van der Waals surface area (Å²) in [6, 6.07) is 10.9. The van der Waals surface area contributed by atoms with Crippen LogP contribution in [0.4, 0.5) is 5.69 Å². The highest BCUT2D eigenvalue weighted by Crippen LogP contribution is 2.12. The Kier molecular flexibility index (Phi) is 6.61. The van der Waals surface area contributed by atoms with Crippen molar-refractivity contribution in [1.82, 2.24) is 0 Å². The zero-order valence-electron chi connectivity index (χ0n) is 13.1. The lowest BCUT2D eigenvalue weighted by Gasteiger charge is -2.10. The summed E-state index contributed by atoms with van der Waals surface area (Å²) in [6.07, 6.45) is 3.70. The second-order valence-corrected chi connectivity index (χ2v) is 5.67. The van der Waals surface area contributed by atoms with Gasteiger partial charge in [0.25, 0.3) is 0 Å². The van der Waals surface area contributed by atoms with E-state index in [4.69, 9.17) is 4.99 Å². The highest BCUT2D eigenvalue weighted by Gasteiger charge is 2.03. The van der Waals surface area contributed by atoms with Crippen molar-refractivity contribution in [3.63, 3.8) is 0 Å². The van der Waals surface area contributed by atoms with Gasteiger partial charge in [-0.15, -0.1) is 0 Å². The van der Waals surface area contributed by atoms with E-state index in [2.05, 4.69) is 70.1 Å². The molecule has 2 atom stereocenters. The molecule has 1 aromatic carbocycles. The van der Waals surface area contributed by atoms with Crippen molar-refractivity contribution in [2.45, 2.75) is 46.1 Å². The van der Waals surface area contributed by atoms with Crippen LogP contribution in [0.1, 0.15) is 40.0 Å². The Balaban J connectivity index is 2.73. The van der Waals surface area contributed by atoms with Gasteiger partial charge in [0, 0.05) is 25.8 Å². The fourth-order valence-electron chi connectivity index (χ4n) is 1.96. The van der Waals surface area contributed by atoms with E-state index in [-0.39, 0.29) is 0 Å². The van der Waals surface area contributed by atoms with Gasteiger partial charge < -0.3 is 4.90 Å². The SMILES string of the molecule is CCC(C)CCC(C)N=c1cccc(N(C)C)cc1. The molecule has 0 saturated heterocycles. The summed E-state index contributed by atoms with van der Waals surface area (Å²) in [5.74, 6) is 0.810. The standard InChI is InChI=1S/C17H28N2/c1-6-14(2)10-11-15(3)18-16-8-7-9-17(13-12-16)19(4)5/h7-9,12-15H,6,10-11H2,1-5H3. The molecule has 0 N–H and O–H groups in total. The van der Waals surface area contributed by atoms with E-state index in [9.17, 15) is 0 Å². The van der Waals surface area contributed by atoms with Gasteiger partial charge in [-0.1, -0.05) is 26.3 Å². The highest BCUT2D eigenvalue weighted by molar-refractivity contribution is 5.43. The normalized spacial score (nSPS) is 15.1. The lowest BCUT2D eigenvalue weighted by molar-refractivity contribution is 0.467. The Hall–Kier alpha value is -1.31. The van der Waals surface area contributed by atoms with Gasteiger partial charge in [-0.25, -0.2) is 0 Å². The van der Waals surface area contributed by atoms with Crippen LogP contribution in [-0.4, -0.2) is 20.1 Å². The Morgan fingerprint density at radius 2 is 1.79 bits per heavy atom. The van der Waals surface area contributed by atoms with Crippen molar-refractivity contribution in [1.29, 1.82) is 0 Å². The molecule has 106 valence electrons. The van der Waals surface area contributed by atoms with Gasteiger partial charge in [0.05, 0.1) is 5.36 Å². The fraction of sp³-hybridized carbons (Fsp3) is 0.588. The van der Waals surface area contributed by atoms with Crippen molar-refractivity contribution in [2.75, 3.05) is 19.0 Å². The third-order valence-corrected chi connectivity index (χ3v) is 3.62. The van der Waals surface area contributed by atoms with Gasteiger partial charge in [-0.3, -0.25) is 4.99 Å². The van der Waals surface area contributed by atoms with Crippen LogP contribution in [0.25, 0.3) is 0 Å². The predicted molar refractivity (Wildman–Crippen MR) is 84.5 cm³/mol. The Bertz CT molecular complexity index is 437. The van der Waals surface area contributed by atoms with E-state index in [1.807, 2.05) is 0 Å². The minimum Gasteiger partial charge on any atom is -0.378 e. The van der Waals surface area contributed by atoms with Crippen LogP contribution in [0.2, 0.25) is 0 Å². The van der Waals surface area contributed by atoms with Crippen LogP contribution in [0.3, 0.4) is 0 Å². The van der Waals surface area contributed by atoms with Crippen molar-refractivity contribution in [3.05, 3.63) is 35.7 Å². The zero-order chi connectivity index (χ0) is 14.3. The number of rotatable bonds is 6. The van der Waals surface area contributed by atoms with Gasteiger partial charge in [-0.2, -0.15) is 0 Å². The van der Waals surface area contributed by atoms with Gasteiger partial charge in [0.2, 0.25) is 0 Å². The molecular formula is C17H28N2. The maximum atomic E-state index is 4.79. The van der Waals surface area contributed by atoms with Crippen molar-refractivity contribution in [2.24, 2.45) is 10.9 Å². The second kappa shape index (κ2) is 7.98. The number of hydrogen-bond donors (Lipinski definition) is 0. The fourth-order valence-corrected chi connectivity index (χ4v) is 1.96. The lowest BCUT2D eigenvalue weighted by Crippen LogP contribution is -2.09. The van der Waals surface area contributed by atoms with E-state index in [1.54, 1.807) is 0 Å². The maximum Gasteiger partial charge on any atom is 0.0578 e. The summed E-state index contributed by atoms with van der Waals surface area (Å²) in [5, 5.41) is 1.07. The summed E-state index contributed by atoms with van der Waals surface area (Å²) >= 11 is 0. The first kappa shape index (κ1) is 15.7. The molecule has 0 radical (unpaired) electrons. The maximum absolute atomic E-state index is 4.79. The molecule has 0 heterocycles. The zero-order valence-corrected chi connectivity index (χ0v) is 13.1. The van der Waals surface area contributed by atoms with Crippen molar-refractivity contribution >= 4 is 5.69 Å². The van der Waals surface area contributed by atoms with Crippen LogP contribution >= 0.6 is 0 Å². The molecule has 19 heavy (non-hydrogen) atoms. The van der Waals surface area contributed by atoms with Crippen LogP contribution in [0.15, 0.2) is 35.3 Å². The monoisotopic (exact) mass is 260 g/mol. The highest BCUT2D eigenvalue weighted by atomic mass is 15.1. The minimum atomic E-state index is 0.402. The first-order valence-electron chi connectivity index (χ1n) is 7.34. The molecule has 0 fully saturated rings. The second-order valence-electron chi connectivity index (χ2n) is 5.67. The van der Waals surface area contributed by atoms with Gasteiger partial charge in [-0.05, 0) is 49.9 Å². The molecule has 2 unspecified atom stereocenters. The molecule has 0 spiro atoms. The van der Waals surface area contributed by atoms with Crippen LogP contribution in [0.5, 0.6) is 0 Å². The third-order valence-electron chi connectivity index (χ3n) is 3.62. The van der Waals surface area contributed by atoms with E-state index < -0.39 is 0 Å². The smallest absolute Gasteiger partial charge is 0.0578 e. The molecule has 2 nitrogen and oxygen atoms in total. The van der Waals surface area contributed by atoms with Crippen LogP contribution in [0, 0.1) is 5.92 Å². The molecule has 0 aliphatic heterocycles. The average molecular weight is 260 g/mol. The summed E-state index contributed by atoms with van der Waals surface area (Å²) in [4.78, 5) is 6.89. The Morgan fingerprint density at radius 1 is 1.05 bits per heavy atom. The predicted octanol–water partition coefficient (Wildman–Crippen LogP) is 3.87. The van der Waals surface area contributed by atoms with E-state index in [1.165, 1.54) is 24.9 Å². The largest absolute Gasteiger partial charge is 0.378 e. The summed E-state index contributed by atoms with van der Waals surface area (Å²) < 4.78 is 0. The van der Waals surface area contributed by atoms with E-state index in [0.717, 1.165) is 11.3 Å². The number of anilines is 1. The summed E-state index contributed by atoms with van der Waals surface area (Å²) in [7, 11) is 4.11. The topological polar surface area (TPSA) is 15.6 Å². The number of hydrogen-bond acceptors (Lipinski definition) is 2. The van der Waals surface area contributed by atoms with Crippen LogP contribution in [-0.2, 0) is 0 Å². The van der Waals surface area contributed by atoms with E-state index in [0.29, 0.717) is 6.04 Å². The number of nitrogens with zero attached hydrogens (tertiary/aromatic N) is 2. The summed E-state index contributed by atoms with van der Waals surface area (Å²) in [6.45, 7) is 6.79. The molecule has 0 amide bonds. The summed E-state index contributed by atoms with van der Waals surface area (Å²) in [5.41, 5.74) is 1.20. The Labute approximate surface area is 118 Å². The molecule has 2 heteroatoms. The quantitative estimate of drug-likeness (QED) is 0.758. The van der Waals surface area contributed by atoms with Gasteiger partial charge in [0.15, 0.2) is 0 Å². The average Bonchev–Trinajstić information content (AvgIpc) is 2.61. The molecule has 0 aliphatic carbocycles. The third kappa shape index (κ3) is 5.91.